The van der Waals surface area contributed by atoms with Crippen LogP contribution in [0.1, 0.15) is 39.8 Å². The smallest absolute Gasteiger partial charge is 0.341 e. The topological polar surface area (TPSA) is 133 Å². The summed E-state index contributed by atoms with van der Waals surface area (Å²) in [5, 5.41) is 9.12. The molecule has 9 nitrogen and oxygen atoms in total. The van der Waals surface area contributed by atoms with E-state index in [-0.39, 0.29) is 17.0 Å². The van der Waals surface area contributed by atoms with Gasteiger partial charge < -0.3 is 24.7 Å². The van der Waals surface area contributed by atoms with Crippen molar-refractivity contribution in [2.45, 2.75) is 26.7 Å². The van der Waals surface area contributed by atoms with E-state index in [2.05, 4.69) is 4.98 Å². The summed E-state index contributed by atoms with van der Waals surface area (Å²) in [5.41, 5.74) is 8.35. The Balaban J connectivity index is 1.91. The quantitative estimate of drug-likeness (QED) is 0.257. The van der Waals surface area contributed by atoms with Gasteiger partial charge in [0.05, 0.1) is 11.3 Å². The van der Waals surface area contributed by atoms with E-state index in [4.69, 9.17) is 20.3 Å². The second-order valence-electron chi connectivity index (χ2n) is 8.14. The Kier molecular flexibility index (Phi) is 7.00. The van der Waals surface area contributed by atoms with Crippen LogP contribution < -0.4 is 15.2 Å². The van der Waals surface area contributed by atoms with Crippen molar-refractivity contribution in [2.24, 2.45) is 5.73 Å². The standard InChI is InChI=1S/C27H25N3O6/c1-3-19-20(13-17-9-7-8-12-21(17)36-18-10-5-4-6-11-18)30-14-16(2)29-27(35-15-22(31)32)24(30)23(19)25(33)26(28)34/h4-12,14H,3,13,15H2,1-2H3,(H2,28,34)(H,31,32). The second kappa shape index (κ2) is 10.3. The number of nitrogens with two attached hydrogens (primary N) is 1. The molecule has 0 aliphatic carbocycles. The number of aryl methyl sites for hydroxylation is 1. The van der Waals surface area contributed by atoms with Gasteiger partial charge in [0.1, 0.15) is 17.0 Å². The molecular formula is C27H25N3O6. The number of carboxylic acids is 1. The first-order valence-electron chi connectivity index (χ1n) is 11.3. The molecule has 3 N–H and O–H groups in total. The summed E-state index contributed by atoms with van der Waals surface area (Å²) >= 11 is 0. The van der Waals surface area contributed by atoms with Gasteiger partial charge in [-0.1, -0.05) is 43.3 Å². The number of ketones is 1. The molecule has 0 unspecified atom stereocenters. The summed E-state index contributed by atoms with van der Waals surface area (Å²) < 4.78 is 13.3. The monoisotopic (exact) mass is 487 g/mol. The van der Waals surface area contributed by atoms with Gasteiger partial charge in [0.25, 0.3) is 11.7 Å². The first-order chi connectivity index (χ1) is 17.3. The number of carboxylic acid groups (broad SMARTS) is 1. The number of hydrogen-bond acceptors (Lipinski definition) is 6. The molecule has 4 rings (SSSR count). The molecule has 0 fully saturated rings. The molecule has 184 valence electrons. The molecule has 2 heterocycles. The van der Waals surface area contributed by atoms with E-state index in [0.29, 0.717) is 41.3 Å². The molecule has 2 aromatic carbocycles. The van der Waals surface area contributed by atoms with Crippen LogP contribution >= 0.6 is 0 Å². The number of carbonyl (C=O) groups is 3. The van der Waals surface area contributed by atoms with Crippen LogP contribution in [0.15, 0.2) is 60.8 Å². The molecule has 4 aromatic rings. The Morgan fingerprint density at radius 1 is 1.06 bits per heavy atom. The summed E-state index contributed by atoms with van der Waals surface area (Å²) in [6, 6.07) is 16.9. The molecule has 0 spiro atoms. The fourth-order valence-corrected chi connectivity index (χ4v) is 4.19. The van der Waals surface area contributed by atoms with Crippen LogP contribution in [-0.4, -0.2) is 38.8 Å². The number of primary amides is 1. The highest BCUT2D eigenvalue weighted by Crippen LogP contribution is 2.35. The highest BCUT2D eigenvalue weighted by molar-refractivity contribution is 6.44. The Labute approximate surface area is 207 Å². The minimum Gasteiger partial charge on any atom is -0.479 e. The lowest BCUT2D eigenvalue weighted by Gasteiger charge is -2.13. The van der Waals surface area contributed by atoms with Crippen LogP contribution in [0.4, 0.5) is 0 Å². The fraction of sp³-hybridized carbons (Fsp3) is 0.185. The number of hydrogen-bond donors (Lipinski definition) is 2. The third-order valence-corrected chi connectivity index (χ3v) is 5.65. The molecule has 0 aliphatic rings. The molecule has 9 heteroatoms. The van der Waals surface area contributed by atoms with Gasteiger partial charge in [-0.15, -0.1) is 0 Å². The van der Waals surface area contributed by atoms with Gasteiger partial charge in [-0.05, 0) is 37.1 Å². The molecule has 0 radical (unpaired) electrons. The molecule has 2 aromatic heterocycles. The number of Topliss-reactive ketones (excluding diaryl/α,β-unsaturated/α-hetero) is 1. The first-order valence-corrected chi connectivity index (χ1v) is 11.3. The summed E-state index contributed by atoms with van der Waals surface area (Å²) in [4.78, 5) is 40.4. The van der Waals surface area contributed by atoms with Crippen LogP contribution in [0.2, 0.25) is 0 Å². The van der Waals surface area contributed by atoms with Crippen LogP contribution in [0.25, 0.3) is 5.52 Å². The fourth-order valence-electron chi connectivity index (χ4n) is 4.19. The Morgan fingerprint density at radius 2 is 1.75 bits per heavy atom. The normalized spacial score (nSPS) is 10.8. The van der Waals surface area contributed by atoms with E-state index in [0.717, 1.165) is 5.56 Å². The Bertz CT molecular complexity index is 1460. The van der Waals surface area contributed by atoms with Gasteiger partial charge in [-0.25, -0.2) is 9.78 Å². The van der Waals surface area contributed by atoms with Crippen molar-refractivity contribution in [1.82, 2.24) is 9.38 Å². The van der Waals surface area contributed by atoms with Gasteiger partial charge in [-0.2, -0.15) is 0 Å². The summed E-state index contributed by atoms with van der Waals surface area (Å²) in [7, 11) is 0. The molecule has 0 saturated carbocycles. The average molecular weight is 488 g/mol. The highest BCUT2D eigenvalue weighted by atomic mass is 16.5. The van der Waals surface area contributed by atoms with Gasteiger partial charge in [0.2, 0.25) is 5.88 Å². The van der Waals surface area contributed by atoms with E-state index < -0.39 is 24.3 Å². The predicted octanol–water partition coefficient (Wildman–Crippen LogP) is 3.72. The number of benzene rings is 2. The Hall–Kier alpha value is -4.66. The number of fused-ring (bicyclic) bond motifs is 1. The number of nitrogens with zero attached hydrogens (tertiary/aromatic N) is 2. The van der Waals surface area contributed by atoms with Crippen LogP contribution in [0.5, 0.6) is 17.4 Å². The minimum atomic E-state index is -1.20. The van der Waals surface area contributed by atoms with Crippen molar-refractivity contribution in [3.05, 3.63) is 88.9 Å². The number of aromatic nitrogens is 2. The number of ether oxygens (including phenoxy) is 2. The van der Waals surface area contributed by atoms with Crippen molar-refractivity contribution in [2.75, 3.05) is 6.61 Å². The number of aliphatic carboxylic acids is 1. The maximum atomic E-state index is 13.0. The molecule has 1 amide bonds. The lowest BCUT2D eigenvalue weighted by Crippen LogP contribution is -2.24. The number of para-hydroxylation sites is 2. The summed E-state index contributed by atoms with van der Waals surface area (Å²) in [6.45, 7) is 2.93. The SMILES string of the molecule is CCc1c(C(=O)C(N)=O)c2c(OCC(=O)O)nc(C)cn2c1Cc1ccccc1Oc1ccccc1. The van der Waals surface area contributed by atoms with Crippen LogP contribution in [-0.2, 0) is 22.4 Å². The zero-order chi connectivity index (χ0) is 25.8. The maximum Gasteiger partial charge on any atom is 0.341 e. The van der Waals surface area contributed by atoms with Crippen LogP contribution in [0.3, 0.4) is 0 Å². The van der Waals surface area contributed by atoms with Crippen molar-refractivity contribution in [3.63, 3.8) is 0 Å². The van der Waals surface area contributed by atoms with E-state index in [1.165, 1.54) is 0 Å². The van der Waals surface area contributed by atoms with Crippen molar-refractivity contribution in [3.8, 4) is 17.4 Å². The van der Waals surface area contributed by atoms with Crippen molar-refractivity contribution in [1.29, 1.82) is 0 Å². The van der Waals surface area contributed by atoms with Crippen molar-refractivity contribution >= 4 is 23.2 Å². The predicted molar refractivity (Wildman–Crippen MR) is 132 cm³/mol. The molecule has 36 heavy (non-hydrogen) atoms. The van der Waals surface area contributed by atoms with E-state index in [1.807, 2.05) is 61.5 Å². The summed E-state index contributed by atoms with van der Waals surface area (Å²) in [5.74, 6) is -1.96. The first kappa shape index (κ1) is 24.5. The highest BCUT2D eigenvalue weighted by Gasteiger charge is 2.29. The average Bonchev–Trinajstić information content (AvgIpc) is 3.16. The third-order valence-electron chi connectivity index (χ3n) is 5.65. The number of amides is 1. The largest absolute Gasteiger partial charge is 0.479 e. The lowest BCUT2D eigenvalue weighted by atomic mass is 9.99. The zero-order valence-electron chi connectivity index (χ0n) is 19.9. The third kappa shape index (κ3) is 4.90. The summed E-state index contributed by atoms with van der Waals surface area (Å²) in [6.07, 6.45) is 2.47. The van der Waals surface area contributed by atoms with Gasteiger partial charge >= 0.3 is 5.97 Å². The zero-order valence-corrected chi connectivity index (χ0v) is 19.9. The molecular weight excluding hydrogens is 462 g/mol. The second-order valence-corrected chi connectivity index (χ2v) is 8.14. The van der Waals surface area contributed by atoms with Gasteiger partial charge in [-0.3, -0.25) is 9.59 Å². The van der Waals surface area contributed by atoms with E-state index >= 15 is 0 Å². The number of rotatable bonds is 10. The van der Waals surface area contributed by atoms with E-state index in [1.54, 1.807) is 17.5 Å². The van der Waals surface area contributed by atoms with Crippen molar-refractivity contribution < 1.29 is 29.0 Å². The molecule has 0 bridgehead atoms. The van der Waals surface area contributed by atoms with Gasteiger partial charge in [0.15, 0.2) is 6.61 Å². The van der Waals surface area contributed by atoms with Crippen LogP contribution in [0, 0.1) is 6.92 Å². The lowest BCUT2D eigenvalue weighted by molar-refractivity contribution is -0.139. The minimum absolute atomic E-state index is 0.0585. The van der Waals surface area contributed by atoms with E-state index in [9.17, 15) is 14.4 Å². The molecule has 0 atom stereocenters. The number of carbonyl (C=O) groups excluding carboxylic acids is 2. The molecule has 0 saturated heterocycles. The Morgan fingerprint density at radius 3 is 2.42 bits per heavy atom. The van der Waals surface area contributed by atoms with Gasteiger partial charge in [0, 0.05) is 23.9 Å². The molecule has 0 aliphatic heterocycles. The maximum absolute atomic E-state index is 13.0.